The van der Waals surface area contributed by atoms with Crippen molar-refractivity contribution in [3.8, 4) is 0 Å². The number of nitrogens with zero attached hydrogens (tertiary/aromatic N) is 1. The number of ketones is 1. The number of para-hydroxylation sites is 1. The number of nitro benzene ring substituents is 1. The first-order valence-corrected chi connectivity index (χ1v) is 10.4. The summed E-state index contributed by atoms with van der Waals surface area (Å²) >= 11 is 0. The number of unbranched alkanes of at least 4 members (excludes halogenated alkanes) is 5. The fourth-order valence-corrected chi connectivity index (χ4v) is 2.92. The molecule has 1 unspecified atom stereocenters. The summed E-state index contributed by atoms with van der Waals surface area (Å²) in [5.41, 5.74) is 0.395. The van der Waals surface area contributed by atoms with E-state index in [0.29, 0.717) is 5.56 Å². The topological polar surface area (TPSA) is 97.5 Å². The van der Waals surface area contributed by atoms with Crippen LogP contribution >= 0.6 is 0 Å². The predicted molar refractivity (Wildman–Crippen MR) is 118 cm³/mol. The minimum atomic E-state index is -0.659. The van der Waals surface area contributed by atoms with Crippen LogP contribution in [0.15, 0.2) is 54.6 Å². The van der Waals surface area contributed by atoms with Crippen LogP contribution in [0.4, 0.5) is 5.69 Å². The first-order chi connectivity index (χ1) is 14.4. The molecule has 1 atom stereocenters. The summed E-state index contributed by atoms with van der Waals surface area (Å²) in [6.45, 7) is 3.99. The number of rotatable bonds is 11. The van der Waals surface area contributed by atoms with Gasteiger partial charge in [0.2, 0.25) is 0 Å². The maximum absolute atomic E-state index is 12.1. The van der Waals surface area contributed by atoms with Crippen molar-refractivity contribution < 1.29 is 19.6 Å². The Bertz CT molecular complexity index is 804. The zero-order chi connectivity index (χ0) is 22.4. The van der Waals surface area contributed by atoms with Gasteiger partial charge in [0.05, 0.1) is 10.8 Å². The Labute approximate surface area is 178 Å². The van der Waals surface area contributed by atoms with E-state index in [1.54, 1.807) is 49.4 Å². The van der Waals surface area contributed by atoms with Gasteiger partial charge in [-0.05, 0) is 12.5 Å². The first-order valence-electron chi connectivity index (χ1n) is 10.4. The van der Waals surface area contributed by atoms with Gasteiger partial charge in [-0.25, -0.2) is 0 Å². The molecule has 6 nitrogen and oxygen atoms in total. The maximum atomic E-state index is 12.1. The Morgan fingerprint density at radius 1 is 0.933 bits per heavy atom. The molecule has 0 saturated carbocycles. The lowest BCUT2D eigenvalue weighted by molar-refractivity contribution is -0.385. The highest BCUT2D eigenvalue weighted by molar-refractivity contribution is 6.11. The molecule has 0 amide bonds. The zero-order valence-electron chi connectivity index (χ0n) is 17.8. The molecule has 1 N–H and O–H groups in total. The molecule has 30 heavy (non-hydrogen) atoms. The molecule has 0 aromatic heterocycles. The van der Waals surface area contributed by atoms with E-state index in [0.717, 1.165) is 12.8 Å². The fourth-order valence-electron chi connectivity index (χ4n) is 2.92. The molecule has 0 fully saturated rings. The summed E-state index contributed by atoms with van der Waals surface area (Å²) in [6.07, 6.45) is 8.24. The molecule has 2 rings (SSSR count). The largest absolute Gasteiger partial charge is 0.481 e. The van der Waals surface area contributed by atoms with Gasteiger partial charge >= 0.3 is 5.97 Å². The summed E-state index contributed by atoms with van der Waals surface area (Å²) in [5.74, 6) is -1.15. The molecule has 6 heteroatoms. The molecule has 0 radical (unpaired) electrons. The average molecular weight is 414 g/mol. The van der Waals surface area contributed by atoms with Crippen molar-refractivity contribution in [1.82, 2.24) is 0 Å². The predicted octanol–water partition coefficient (Wildman–Crippen LogP) is 6.28. The van der Waals surface area contributed by atoms with Crippen molar-refractivity contribution in [2.75, 3.05) is 0 Å². The van der Waals surface area contributed by atoms with Crippen LogP contribution in [0.2, 0.25) is 0 Å². The van der Waals surface area contributed by atoms with Gasteiger partial charge in [-0.15, -0.1) is 0 Å². The van der Waals surface area contributed by atoms with Crippen molar-refractivity contribution in [2.45, 2.75) is 58.8 Å². The molecule has 2 aromatic rings. The van der Waals surface area contributed by atoms with Gasteiger partial charge in [-0.2, -0.15) is 0 Å². The van der Waals surface area contributed by atoms with E-state index in [1.165, 1.54) is 44.2 Å². The summed E-state index contributed by atoms with van der Waals surface area (Å²) < 4.78 is 0. The normalized spacial score (nSPS) is 11.1. The number of nitro groups is 1. The molecule has 0 saturated heterocycles. The summed E-state index contributed by atoms with van der Waals surface area (Å²) in [4.78, 5) is 32.8. The quantitative estimate of drug-likeness (QED) is 0.202. The van der Waals surface area contributed by atoms with Gasteiger partial charge in [-0.3, -0.25) is 19.7 Å². The second-order valence-corrected chi connectivity index (χ2v) is 7.27. The van der Waals surface area contributed by atoms with Crippen LogP contribution in [0.1, 0.15) is 74.7 Å². The minimum absolute atomic E-state index is 0.115. The van der Waals surface area contributed by atoms with Crippen LogP contribution in [0.3, 0.4) is 0 Å². The van der Waals surface area contributed by atoms with E-state index in [4.69, 9.17) is 5.11 Å². The van der Waals surface area contributed by atoms with Gasteiger partial charge in [0.25, 0.3) is 5.69 Å². The van der Waals surface area contributed by atoms with Crippen molar-refractivity contribution in [1.29, 1.82) is 0 Å². The van der Waals surface area contributed by atoms with Gasteiger partial charge in [0.1, 0.15) is 5.56 Å². The molecule has 0 aliphatic heterocycles. The van der Waals surface area contributed by atoms with Crippen LogP contribution in [0, 0.1) is 16.0 Å². The molecule has 0 bridgehead atoms. The molecule has 0 heterocycles. The molecular formula is C24H31NO5. The van der Waals surface area contributed by atoms with Crippen molar-refractivity contribution in [3.63, 3.8) is 0 Å². The Hall–Kier alpha value is -3.02. The Morgan fingerprint density at radius 3 is 2.10 bits per heavy atom. The van der Waals surface area contributed by atoms with Gasteiger partial charge in [0, 0.05) is 11.6 Å². The number of carboxylic acid groups (broad SMARTS) is 1. The SMILES string of the molecule is CCCCCCCCC(C)C(=O)O.O=C(c1ccccc1)c1ccccc1[N+](=O)[O-]. The Kier molecular flexibility index (Phi) is 11.7. The van der Waals surface area contributed by atoms with Crippen LogP contribution in [-0.4, -0.2) is 21.8 Å². The van der Waals surface area contributed by atoms with Crippen molar-refractivity contribution >= 4 is 17.4 Å². The lowest BCUT2D eigenvalue weighted by atomic mass is 10.0. The second-order valence-electron chi connectivity index (χ2n) is 7.27. The third-order valence-electron chi connectivity index (χ3n) is 4.79. The standard InChI is InChI=1S/C13H9NO3.C11H22O2/c15-13(10-6-2-1-3-7-10)11-8-4-5-9-12(11)14(16)17;1-3-4-5-6-7-8-9-10(2)11(12)13/h1-9H;10H,3-9H2,1-2H3,(H,12,13). The molecule has 2 aromatic carbocycles. The third-order valence-corrected chi connectivity index (χ3v) is 4.79. The highest BCUT2D eigenvalue weighted by Gasteiger charge is 2.19. The number of carbonyl (C=O) groups excluding carboxylic acids is 1. The van der Waals surface area contributed by atoms with E-state index < -0.39 is 10.9 Å². The molecule has 0 aliphatic carbocycles. The number of carboxylic acids is 1. The number of hydrogen-bond acceptors (Lipinski definition) is 4. The zero-order valence-corrected chi connectivity index (χ0v) is 17.8. The van der Waals surface area contributed by atoms with E-state index in [9.17, 15) is 19.7 Å². The van der Waals surface area contributed by atoms with E-state index in [2.05, 4.69) is 6.92 Å². The number of carbonyl (C=O) groups is 2. The summed E-state index contributed by atoms with van der Waals surface area (Å²) in [6, 6.07) is 14.5. The van der Waals surface area contributed by atoms with Crippen LogP contribution in [-0.2, 0) is 4.79 Å². The van der Waals surface area contributed by atoms with Crippen LogP contribution in [0.25, 0.3) is 0 Å². The van der Waals surface area contributed by atoms with Crippen LogP contribution < -0.4 is 0 Å². The average Bonchev–Trinajstić information content (AvgIpc) is 2.76. The van der Waals surface area contributed by atoms with Crippen molar-refractivity contribution in [2.24, 2.45) is 5.92 Å². The van der Waals surface area contributed by atoms with Gasteiger partial charge < -0.3 is 5.11 Å². The number of hydrogen-bond donors (Lipinski definition) is 1. The monoisotopic (exact) mass is 413 g/mol. The lowest BCUT2D eigenvalue weighted by Crippen LogP contribution is -2.08. The third kappa shape index (κ3) is 8.99. The number of aliphatic carboxylic acids is 1. The minimum Gasteiger partial charge on any atom is -0.481 e. The lowest BCUT2D eigenvalue weighted by Gasteiger charge is -2.04. The van der Waals surface area contributed by atoms with E-state index >= 15 is 0 Å². The molecule has 0 spiro atoms. The molecule has 0 aliphatic rings. The Balaban J connectivity index is 0.000000314. The second kappa shape index (κ2) is 14.0. The highest BCUT2D eigenvalue weighted by Crippen LogP contribution is 2.21. The summed E-state index contributed by atoms with van der Waals surface area (Å²) in [5, 5.41) is 19.4. The maximum Gasteiger partial charge on any atom is 0.306 e. The van der Waals surface area contributed by atoms with E-state index in [1.807, 2.05) is 0 Å². The summed E-state index contributed by atoms with van der Waals surface area (Å²) in [7, 11) is 0. The van der Waals surface area contributed by atoms with Gasteiger partial charge in [0.15, 0.2) is 5.78 Å². The Morgan fingerprint density at radius 2 is 1.50 bits per heavy atom. The first kappa shape index (κ1) is 25.0. The molecule has 162 valence electrons. The van der Waals surface area contributed by atoms with Gasteiger partial charge in [-0.1, -0.05) is 94.8 Å². The fraction of sp³-hybridized carbons (Fsp3) is 0.417. The van der Waals surface area contributed by atoms with E-state index in [-0.39, 0.29) is 23.0 Å². The smallest absolute Gasteiger partial charge is 0.306 e. The molecular weight excluding hydrogens is 382 g/mol. The number of benzene rings is 2. The van der Waals surface area contributed by atoms with Crippen molar-refractivity contribution in [3.05, 3.63) is 75.8 Å². The van der Waals surface area contributed by atoms with Crippen LogP contribution in [0.5, 0.6) is 0 Å². The highest BCUT2D eigenvalue weighted by atomic mass is 16.6.